The molecule has 5 heteroatoms. The summed E-state index contributed by atoms with van der Waals surface area (Å²) in [6.07, 6.45) is 3.41. The van der Waals surface area contributed by atoms with Gasteiger partial charge in [-0.05, 0) is 23.8 Å². The van der Waals surface area contributed by atoms with E-state index in [1.165, 1.54) is 0 Å². The van der Waals surface area contributed by atoms with Crippen molar-refractivity contribution in [2.75, 3.05) is 0 Å². The average Bonchev–Trinajstić information content (AvgIpc) is 2.68. The summed E-state index contributed by atoms with van der Waals surface area (Å²) >= 11 is 9.33. The molecule has 1 unspecified atom stereocenters. The van der Waals surface area contributed by atoms with E-state index in [0.717, 1.165) is 15.9 Å². The van der Waals surface area contributed by atoms with E-state index in [4.69, 9.17) is 11.6 Å². The topological polar surface area (TPSA) is 38.0 Å². The van der Waals surface area contributed by atoms with E-state index in [9.17, 15) is 5.11 Å². The summed E-state index contributed by atoms with van der Waals surface area (Å²) < 4.78 is 2.74. The second-order valence-electron chi connectivity index (χ2n) is 3.84. The quantitative estimate of drug-likeness (QED) is 0.945. The monoisotopic (exact) mass is 314 g/mol. The predicted octanol–water partition coefficient (Wildman–Crippen LogP) is 3.11. The van der Waals surface area contributed by atoms with Crippen molar-refractivity contribution in [3.63, 3.8) is 0 Å². The normalized spacial score (nSPS) is 12.7. The zero-order valence-electron chi connectivity index (χ0n) is 9.27. The molecular formula is C12H12BrClN2O. The van der Waals surface area contributed by atoms with E-state index in [-0.39, 0.29) is 0 Å². The average molecular weight is 316 g/mol. The van der Waals surface area contributed by atoms with Crippen molar-refractivity contribution in [1.82, 2.24) is 9.55 Å². The molecule has 2 rings (SSSR count). The highest BCUT2D eigenvalue weighted by molar-refractivity contribution is 9.10. The van der Waals surface area contributed by atoms with Crippen LogP contribution in [0, 0.1) is 0 Å². The second kappa shape index (κ2) is 5.21. The van der Waals surface area contributed by atoms with E-state index in [0.29, 0.717) is 11.4 Å². The molecule has 1 aromatic carbocycles. The van der Waals surface area contributed by atoms with Gasteiger partial charge in [-0.3, -0.25) is 0 Å². The molecule has 0 aliphatic rings. The molecule has 2 aromatic rings. The molecule has 90 valence electrons. The Labute approximate surface area is 113 Å². The Kier molecular flexibility index (Phi) is 3.86. The van der Waals surface area contributed by atoms with Gasteiger partial charge in [0.1, 0.15) is 5.82 Å². The highest BCUT2D eigenvalue weighted by Crippen LogP contribution is 2.28. The Morgan fingerprint density at radius 1 is 1.53 bits per heavy atom. The van der Waals surface area contributed by atoms with Crippen molar-refractivity contribution >= 4 is 27.5 Å². The lowest BCUT2D eigenvalue weighted by Gasteiger charge is -2.13. The number of aromatic nitrogens is 2. The summed E-state index contributed by atoms with van der Waals surface area (Å²) in [4.78, 5) is 4.19. The Morgan fingerprint density at radius 2 is 2.29 bits per heavy atom. The Hall–Kier alpha value is -0.840. The van der Waals surface area contributed by atoms with Crippen molar-refractivity contribution in [3.05, 3.63) is 51.5 Å². The Bertz CT molecular complexity index is 527. The van der Waals surface area contributed by atoms with Crippen molar-refractivity contribution in [2.45, 2.75) is 12.5 Å². The van der Waals surface area contributed by atoms with Gasteiger partial charge in [-0.15, -0.1) is 0 Å². The fourth-order valence-corrected chi connectivity index (χ4v) is 2.34. The van der Waals surface area contributed by atoms with E-state index >= 15 is 0 Å². The molecule has 0 saturated carbocycles. The van der Waals surface area contributed by atoms with Crippen LogP contribution in [0.15, 0.2) is 35.1 Å². The predicted molar refractivity (Wildman–Crippen MR) is 71.0 cm³/mol. The van der Waals surface area contributed by atoms with Crippen LogP contribution in [-0.2, 0) is 13.5 Å². The van der Waals surface area contributed by atoms with E-state index < -0.39 is 6.10 Å². The van der Waals surface area contributed by atoms with Gasteiger partial charge in [0.2, 0.25) is 0 Å². The van der Waals surface area contributed by atoms with Crippen LogP contribution in [0.3, 0.4) is 0 Å². The first-order chi connectivity index (χ1) is 8.08. The zero-order valence-corrected chi connectivity index (χ0v) is 11.6. The van der Waals surface area contributed by atoms with Gasteiger partial charge >= 0.3 is 0 Å². The van der Waals surface area contributed by atoms with Crippen LogP contribution < -0.4 is 0 Å². The van der Waals surface area contributed by atoms with Gasteiger partial charge in [0.05, 0.1) is 6.10 Å². The molecule has 0 amide bonds. The number of rotatable bonds is 3. The molecule has 0 aliphatic heterocycles. The lowest BCUT2D eigenvalue weighted by Crippen LogP contribution is -2.07. The second-order valence-corrected chi connectivity index (χ2v) is 5.13. The minimum absolute atomic E-state index is 0.461. The maximum Gasteiger partial charge on any atom is 0.111 e. The summed E-state index contributed by atoms with van der Waals surface area (Å²) in [5.41, 5.74) is 0.778. The van der Waals surface area contributed by atoms with Crippen molar-refractivity contribution in [2.24, 2.45) is 7.05 Å². The Morgan fingerprint density at radius 3 is 2.94 bits per heavy atom. The molecule has 1 heterocycles. The van der Waals surface area contributed by atoms with Gasteiger partial charge in [-0.2, -0.15) is 0 Å². The molecule has 0 aliphatic carbocycles. The number of imidazole rings is 1. The van der Waals surface area contributed by atoms with Crippen molar-refractivity contribution < 1.29 is 5.11 Å². The lowest BCUT2D eigenvalue weighted by atomic mass is 10.1. The number of hydrogen-bond donors (Lipinski definition) is 1. The first-order valence-electron chi connectivity index (χ1n) is 5.17. The molecule has 17 heavy (non-hydrogen) atoms. The maximum atomic E-state index is 10.2. The van der Waals surface area contributed by atoms with E-state index in [1.807, 2.05) is 23.9 Å². The smallest absolute Gasteiger partial charge is 0.111 e. The number of nitrogens with zero attached hydrogens (tertiary/aromatic N) is 2. The third-order valence-electron chi connectivity index (χ3n) is 2.61. The third-order valence-corrected chi connectivity index (χ3v) is 3.57. The molecule has 0 bridgehead atoms. The maximum absolute atomic E-state index is 10.2. The van der Waals surface area contributed by atoms with Gasteiger partial charge in [-0.25, -0.2) is 4.98 Å². The number of benzene rings is 1. The summed E-state index contributed by atoms with van der Waals surface area (Å²) in [6, 6.07) is 5.38. The first kappa shape index (κ1) is 12.6. The van der Waals surface area contributed by atoms with Gasteiger partial charge in [0.25, 0.3) is 0 Å². The standard InChI is InChI=1S/C12H12BrClN2O/c1-16-5-4-15-12(16)7-11(17)9-6-8(14)2-3-10(9)13/h2-6,11,17H,7H2,1H3. The number of aryl methyl sites for hydroxylation is 1. The molecule has 1 N–H and O–H groups in total. The Balaban J connectivity index is 2.23. The highest BCUT2D eigenvalue weighted by Gasteiger charge is 2.14. The third kappa shape index (κ3) is 2.89. The van der Waals surface area contributed by atoms with Gasteiger partial charge in [0, 0.05) is 35.4 Å². The minimum atomic E-state index is -0.621. The van der Waals surface area contributed by atoms with Crippen LogP contribution in [0.5, 0.6) is 0 Å². The number of aliphatic hydroxyl groups excluding tert-OH is 1. The van der Waals surface area contributed by atoms with Crippen LogP contribution >= 0.6 is 27.5 Å². The van der Waals surface area contributed by atoms with Crippen molar-refractivity contribution in [3.8, 4) is 0 Å². The fraction of sp³-hybridized carbons (Fsp3) is 0.250. The summed E-state index contributed by atoms with van der Waals surface area (Å²) in [5, 5.41) is 10.8. The molecule has 0 saturated heterocycles. The van der Waals surface area contributed by atoms with Gasteiger partial charge in [-0.1, -0.05) is 27.5 Å². The highest BCUT2D eigenvalue weighted by atomic mass is 79.9. The van der Waals surface area contributed by atoms with E-state index in [1.54, 1.807) is 18.3 Å². The molecule has 0 spiro atoms. The van der Waals surface area contributed by atoms with Crippen LogP contribution in [-0.4, -0.2) is 14.7 Å². The SMILES string of the molecule is Cn1ccnc1CC(O)c1cc(Cl)ccc1Br. The summed E-state index contributed by atoms with van der Waals surface area (Å²) in [5.74, 6) is 0.837. The van der Waals surface area contributed by atoms with E-state index in [2.05, 4.69) is 20.9 Å². The first-order valence-corrected chi connectivity index (χ1v) is 6.34. The summed E-state index contributed by atoms with van der Waals surface area (Å²) in [6.45, 7) is 0. The molecule has 0 fully saturated rings. The fourth-order valence-electron chi connectivity index (χ4n) is 1.65. The zero-order chi connectivity index (χ0) is 12.4. The van der Waals surface area contributed by atoms with Crippen LogP contribution in [0.4, 0.5) is 0 Å². The molecule has 0 radical (unpaired) electrons. The van der Waals surface area contributed by atoms with Crippen molar-refractivity contribution in [1.29, 1.82) is 0 Å². The molecule has 1 aromatic heterocycles. The van der Waals surface area contributed by atoms with Crippen LogP contribution in [0.25, 0.3) is 0 Å². The molecule has 1 atom stereocenters. The van der Waals surface area contributed by atoms with Crippen LogP contribution in [0.2, 0.25) is 5.02 Å². The minimum Gasteiger partial charge on any atom is -0.388 e. The summed E-state index contributed by atoms with van der Waals surface area (Å²) in [7, 11) is 1.90. The molecular weight excluding hydrogens is 304 g/mol. The number of aliphatic hydroxyl groups is 1. The largest absolute Gasteiger partial charge is 0.388 e. The van der Waals surface area contributed by atoms with Crippen LogP contribution in [0.1, 0.15) is 17.5 Å². The van der Waals surface area contributed by atoms with Gasteiger partial charge in [0.15, 0.2) is 0 Å². The molecule has 3 nitrogen and oxygen atoms in total. The number of hydrogen-bond acceptors (Lipinski definition) is 2. The lowest BCUT2D eigenvalue weighted by molar-refractivity contribution is 0.174. The van der Waals surface area contributed by atoms with Gasteiger partial charge < -0.3 is 9.67 Å². The number of halogens is 2.